The summed E-state index contributed by atoms with van der Waals surface area (Å²) in [5, 5.41) is 1.02. The van der Waals surface area contributed by atoms with E-state index in [2.05, 4.69) is 39.6 Å². The van der Waals surface area contributed by atoms with E-state index >= 15 is 0 Å². The Hall–Kier alpha value is -1.55. The Morgan fingerprint density at radius 2 is 1.87 bits per heavy atom. The lowest BCUT2D eigenvalue weighted by molar-refractivity contribution is 0.612. The average Bonchev–Trinajstić information content (AvgIpc) is 2.54. The van der Waals surface area contributed by atoms with Gasteiger partial charge in [-0.15, -0.1) is 0 Å². The molecule has 0 bridgehead atoms. The maximum absolute atomic E-state index is 6.40. The molecule has 23 heavy (non-hydrogen) atoms. The minimum atomic E-state index is 0.506. The molecular formula is C18H13BrCl2N2. The van der Waals surface area contributed by atoms with Gasteiger partial charge in [0.1, 0.15) is 5.69 Å². The molecule has 0 amide bonds. The number of rotatable bonds is 2. The molecule has 5 heteroatoms. The van der Waals surface area contributed by atoms with E-state index in [1.54, 1.807) is 12.3 Å². The molecule has 0 N–H and O–H groups in total. The molecule has 1 aliphatic rings. The highest BCUT2D eigenvalue weighted by molar-refractivity contribution is 9.12. The van der Waals surface area contributed by atoms with Gasteiger partial charge in [0.15, 0.2) is 0 Å². The summed E-state index contributed by atoms with van der Waals surface area (Å²) in [5.41, 5.74) is 4.50. The predicted octanol–water partition coefficient (Wildman–Crippen LogP) is 5.99. The van der Waals surface area contributed by atoms with Crippen LogP contribution in [0.3, 0.4) is 0 Å². The number of aromatic nitrogens is 1. The van der Waals surface area contributed by atoms with Gasteiger partial charge in [0.2, 0.25) is 0 Å². The van der Waals surface area contributed by atoms with Crippen molar-refractivity contribution < 1.29 is 0 Å². The van der Waals surface area contributed by atoms with Crippen molar-refractivity contribution in [3.05, 3.63) is 86.7 Å². The largest absolute Gasteiger partial charge is 0.342 e. The minimum absolute atomic E-state index is 0.506. The summed E-state index contributed by atoms with van der Waals surface area (Å²) < 4.78 is 0.924. The molecule has 2 heterocycles. The van der Waals surface area contributed by atoms with E-state index in [4.69, 9.17) is 23.2 Å². The second-order valence-electron chi connectivity index (χ2n) is 5.11. The summed E-state index contributed by atoms with van der Waals surface area (Å²) in [6.07, 6.45) is 3.64. The first-order valence-electron chi connectivity index (χ1n) is 6.90. The van der Waals surface area contributed by atoms with Gasteiger partial charge >= 0.3 is 0 Å². The standard InChI is InChI=1S/C18H13BrCl2N2/c1-11-15(19)9-14(12-6-4-3-5-7-12)18(23(11)2)17-16(21)8-13(20)10-22-17/h3-10H,1H2,2H3. The summed E-state index contributed by atoms with van der Waals surface area (Å²) in [6, 6.07) is 11.8. The van der Waals surface area contributed by atoms with Crippen LogP contribution in [0.1, 0.15) is 11.3 Å². The smallest absolute Gasteiger partial charge is 0.106 e. The molecule has 1 aromatic heterocycles. The molecule has 2 nitrogen and oxygen atoms in total. The SMILES string of the molecule is C=C1C(Br)=CC(c2ccccc2)=C(c2ncc(Cl)cc2Cl)N1C. The molecular weight excluding hydrogens is 395 g/mol. The summed E-state index contributed by atoms with van der Waals surface area (Å²) in [7, 11) is 1.95. The van der Waals surface area contributed by atoms with Crippen molar-refractivity contribution in [3.8, 4) is 0 Å². The normalized spacial score (nSPS) is 15.0. The number of allylic oxidation sites excluding steroid dienone is 3. The lowest BCUT2D eigenvalue weighted by Crippen LogP contribution is -2.21. The Morgan fingerprint density at radius 1 is 1.17 bits per heavy atom. The molecule has 0 atom stereocenters. The predicted molar refractivity (Wildman–Crippen MR) is 101 cm³/mol. The van der Waals surface area contributed by atoms with Crippen LogP contribution >= 0.6 is 39.1 Å². The number of hydrogen-bond acceptors (Lipinski definition) is 2. The summed E-state index contributed by atoms with van der Waals surface area (Å²) in [4.78, 5) is 6.42. The van der Waals surface area contributed by atoms with Crippen LogP contribution in [0, 0.1) is 0 Å². The van der Waals surface area contributed by atoms with Crippen LogP contribution in [0.25, 0.3) is 11.3 Å². The molecule has 0 radical (unpaired) electrons. The maximum atomic E-state index is 6.40. The van der Waals surface area contributed by atoms with Crippen molar-refractivity contribution in [3.63, 3.8) is 0 Å². The fraction of sp³-hybridized carbons (Fsp3) is 0.0556. The molecule has 1 aromatic carbocycles. The van der Waals surface area contributed by atoms with Gasteiger partial charge in [0.05, 0.1) is 15.7 Å². The third kappa shape index (κ3) is 3.09. The number of hydrogen-bond donors (Lipinski definition) is 0. The monoisotopic (exact) mass is 406 g/mol. The third-order valence-corrected chi connectivity index (χ3v) is 4.84. The lowest BCUT2D eigenvalue weighted by Gasteiger charge is -2.31. The lowest BCUT2D eigenvalue weighted by atomic mass is 9.97. The fourth-order valence-electron chi connectivity index (χ4n) is 2.47. The van der Waals surface area contributed by atoms with Crippen LogP contribution in [0.4, 0.5) is 0 Å². The van der Waals surface area contributed by atoms with E-state index < -0.39 is 0 Å². The number of likely N-dealkylation sites (N-methyl/N-ethyl adjacent to an activating group) is 1. The Bertz CT molecular complexity index is 841. The Labute approximate surface area is 153 Å². The van der Waals surface area contributed by atoms with Crippen LogP contribution in [0.2, 0.25) is 10.0 Å². The van der Waals surface area contributed by atoms with Crippen LogP contribution < -0.4 is 0 Å². The molecule has 116 valence electrons. The van der Waals surface area contributed by atoms with Crippen molar-refractivity contribution in [2.75, 3.05) is 7.05 Å². The summed E-state index contributed by atoms with van der Waals surface area (Å²) >= 11 is 16.0. The Balaban J connectivity index is 2.30. The maximum Gasteiger partial charge on any atom is 0.106 e. The summed E-state index contributed by atoms with van der Waals surface area (Å²) in [5.74, 6) is 0. The van der Waals surface area contributed by atoms with Gasteiger partial charge in [-0.05, 0) is 33.6 Å². The second-order valence-corrected chi connectivity index (χ2v) is 6.81. The number of nitrogens with zero attached hydrogens (tertiary/aromatic N) is 2. The number of pyridine rings is 1. The van der Waals surface area contributed by atoms with Crippen LogP contribution in [-0.4, -0.2) is 16.9 Å². The quantitative estimate of drug-likeness (QED) is 0.607. The minimum Gasteiger partial charge on any atom is -0.342 e. The topological polar surface area (TPSA) is 16.1 Å². The second kappa shape index (κ2) is 6.52. The van der Waals surface area contributed by atoms with Gasteiger partial charge in [-0.1, -0.05) is 60.1 Å². The van der Waals surface area contributed by atoms with Crippen molar-refractivity contribution >= 4 is 50.4 Å². The van der Waals surface area contributed by atoms with E-state index in [0.29, 0.717) is 15.7 Å². The molecule has 0 fully saturated rings. The molecule has 2 aromatic rings. The van der Waals surface area contributed by atoms with E-state index in [0.717, 1.165) is 27.0 Å². The molecule has 0 spiro atoms. The highest BCUT2D eigenvalue weighted by atomic mass is 79.9. The van der Waals surface area contributed by atoms with E-state index in [9.17, 15) is 0 Å². The van der Waals surface area contributed by atoms with Crippen LogP contribution in [-0.2, 0) is 0 Å². The molecule has 0 aliphatic carbocycles. The molecule has 1 aliphatic heterocycles. The fourth-order valence-corrected chi connectivity index (χ4v) is 3.43. The number of halogens is 3. The zero-order chi connectivity index (χ0) is 16.6. The number of benzene rings is 1. The average molecular weight is 408 g/mol. The van der Waals surface area contributed by atoms with E-state index in [1.807, 2.05) is 36.2 Å². The molecule has 0 unspecified atom stereocenters. The van der Waals surface area contributed by atoms with Crippen molar-refractivity contribution in [2.45, 2.75) is 0 Å². The van der Waals surface area contributed by atoms with Gasteiger partial charge in [-0.3, -0.25) is 4.98 Å². The van der Waals surface area contributed by atoms with Gasteiger partial charge in [-0.2, -0.15) is 0 Å². The highest BCUT2D eigenvalue weighted by Crippen LogP contribution is 2.41. The Kier molecular flexibility index (Phi) is 4.62. The zero-order valence-electron chi connectivity index (χ0n) is 12.4. The Morgan fingerprint density at radius 3 is 2.52 bits per heavy atom. The summed E-state index contributed by atoms with van der Waals surface area (Å²) in [6.45, 7) is 4.11. The van der Waals surface area contributed by atoms with Crippen molar-refractivity contribution in [1.82, 2.24) is 9.88 Å². The first-order chi connectivity index (χ1) is 11.0. The van der Waals surface area contributed by atoms with Gasteiger partial charge < -0.3 is 4.90 Å². The van der Waals surface area contributed by atoms with Gasteiger partial charge in [-0.25, -0.2) is 0 Å². The van der Waals surface area contributed by atoms with Crippen molar-refractivity contribution in [2.24, 2.45) is 0 Å². The third-order valence-electron chi connectivity index (χ3n) is 3.66. The first kappa shape index (κ1) is 16.3. The van der Waals surface area contributed by atoms with Gasteiger partial charge in [0.25, 0.3) is 0 Å². The van der Waals surface area contributed by atoms with Gasteiger partial charge in [0, 0.05) is 29.0 Å². The van der Waals surface area contributed by atoms with E-state index in [-0.39, 0.29) is 0 Å². The van der Waals surface area contributed by atoms with E-state index in [1.165, 1.54) is 0 Å². The zero-order valence-corrected chi connectivity index (χ0v) is 15.5. The van der Waals surface area contributed by atoms with Crippen molar-refractivity contribution in [1.29, 1.82) is 0 Å². The molecule has 0 saturated carbocycles. The van der Waals surface area contributed by atoms with Crippen LogP contribution in [0.15, 0.2) is 65.4 Å². The highest BCUT2D eigenvalue weighted by Gasteiger charge is 2.25. The van der Waals surface area contributed by atoms with Crippen LogP contribution in [0.5, 0.6) is 0 Å². The first-order valence-corrected chi connectivity index (χ1v) is 8.45. The molecule has 0 saturated heterocycles. The molecule has 3 rings (SSSR count).